The summed E-state index contributed by atoms with van der Waals surface area (Å²) in [7, 11) is 0. The van der Waals surface area contributed by atoms with Gasteiger partial charge in [0.15, 0.2) is 4.77 Å². The van der Waals surface area contributed by atoms with Gasteiger partial charge in [-0.15, -0.1) is 11.3 Å². The number of thioether (sulfide) groups is 1. The van der Waals surface area contributed by atoms with Crippen molar-refractivity contribution in [2.75, 3.05) is 11.5 Å². The minimum Gasteiger partial charge on any atom is -0.323 e. The van der Waals surface area contributed by atoms with E-state index >= 15 is 0 Å². The van der Waals surface area contributed by atoms with Gasteiger partial charge >= 0.3 is 0 Å². The van der Waals surface area contributed by atoms with Crippen molar-refractivity contribution in [3.8, 4) is 0 Å². The van der Waals surface area contributed by atoms with Crippen LogP contribution in [0.5, 0.6) is 0 Å². The summed E-state index contributed by atoms with van der Waals surface area (Å²) >= 11 is 8.75. The molecular formula is C11H12N2OS3. The molecule has 6 heteroatoms. The van der Waals surface area contributed by atoms with Gasteiger partial charge in [0.25, 0.3) is 5.56 Å². The van der Waals surface area contributed by atoms with E-state index in [4.69, 9.17) is 12.2 Å². The monoisotopic (exact) mass is 284 g/mol. The van der Waals surface area contributed by atoms with E-state index in [0.29, 0.717) is 4.77 Å². The molecule has 0 bridgehead atoms. The number of hydrogen-bond donors (Lipinski definition) is 1. The third-order valence-corrected chi connectivity index (χ3v) is 5.38. The molecule has 0 radical (unpaired) electrons. The lowest BCUT2D eigenvalue weighted by Crippen LogP contribution is -2.29. The SMILES string of the molecule is O=c1c2ccsc2[nH]c(=S)n1C1CCCSC1. The number of aromatic nitrogens is 2. The standard InChI is InChI=1S/C11H12N2OS3/c14-10-8-3-5-17-9(8)12-11(15)13(10)7-2-1-4-16-6-7/h3,5,7H,1-2,4,6H2,(H,12,15). The first kappa shape index (κ1) is 11.5. The third-order valence-electron chi connectivity index (χ3n) is 3.06. The Morgan fingerprint density at radius 1 is 1.53 bits per heavy atom. The van der Waals surface area contributed by atoms with Crippen LogP contribution in [-0.4, -0.2) is 21.1 Å². The minimum absolute atomic E-state index is 0.0671. The Morgan fingerprint density at radius 2 is 2.41 bits per heavy atom. The Balaban J connectivity index is 2.20. The van der Waals surface area contributed by atoms with Crippen LogP contribution in [0.4, 0.5) is 0 Å². The summed E-state index contributed by atoms with van der Waals surface area (Å²) in [5, 5.41) is 2.69. The topological polar surface area (TPSA) is 37.8 Å². The molecule has 1 aliphatic heterocycles. The quantitative estimate of drug-likeness (QED) is 0.817. The van der Waals surface area contributed by atoms with Crippen molar-refractivity contribution < 1.29 is 0 Å². The maximum absolute atomic E-state index is 12.4. The maximum Gasteiger partial charge on any atom is 0.263 e. The molecular weight excluding hydrogens is 272 g/mol. The van der Waals surface area contributed by atoms with E-state index in [-0.39, 0.29) is 11.6 Å². The van der Waals surface area contributed by atoms with E-state index in [1.54, 1.807) is 4.57 Å². The molecule has 17 heavy (non-hydrogen) atoms. The fourth-order valence-electron chi connectivity index (χ4n) is 2.21. The van der Waals surface area contributed by atoms with Gasteiger partial charge < -0.3 is 4.98 Å². The average molecular weight is 284 g/mol. The lowest BCUT2D eigenvalue weighted by Gasteiger charge is -2.23. The van der Waals surface area contributed by atoms with E-state index in [1.165, 1.54) is 17.1 Å². The van der Waals surface area contributed by atoms with Crippen molar-refractivity contribution >= 4 is 45.5 Å². The van der Waals surface area contributed by atoms with Crippen LogP contribution in [0.15, 0.2) is 16.2 Å². The molecule has 2 aromatic heterocycles. The van der Waals surface area contributed by atoms with Gasteiger partial charge in [-0.1, -0.05) is 0 Å². The van der Waals surface area contributed by atoms with Crippen molar-refractivity contribution in [1.82, 2.24) is 9.55 Å². The zero-order chi connectivity index (χ0) is 11.8. The maximum atomic E-state index is 12.4. The molecule has 1 unspecified atom stereocenters. The summed E-state index contributed by atoms with van der Waals surface area (Å²) in [6.07, 6.45) is 2.22. The highest BCUT2D eigenvalue weighted by molar-refractivity contribution is 7.99. The molecule has 3 nitrogen and oxygen atoms in total. The van der Waals surface area contributed by atoms with Gasteiger partial charge in [0.1, 0.15) is 4.83 Å². The highest BCUT2D eigenvalue weighted by Gasteiger charge is 2.19. The minimum atomic E-state index is 0.0671. The van der Waals surface area contributed by atoms with Crippen LogP contribution in [-0.2, 0) is 0 Å². The van der Waals surface area contributed by atoms with Crippen molar-refractivity contribution in [3.05, 3.63) is 26.6 Å². The van der Waals surface area contributed by atoms with Crippen LogP contribution in [0.2, 0.25) is 0 Å². The molecule has 1 N–H and O–H groups in total. The predicted molar refractivity (Wildman–Crippen MR) is 76.9 cm³/mol. The van der Waals surface area contributed by atoms with Crippen LogP contribution in [0.3, 0.4) is 0 Å². The number of aromatic amines is 1. The van der Waals surface area contributed by atoms with Crippen LogP contribution in [0.1, 0.15) is 18.9 Å². The van der Waals surface area contributed by atoms with Crippen LogP contribution < -0.4 is 5.56 Å². The molecule has 1 aliphatic rings. The van der Waals surface area contributed by atoms with E-state index in [0.717, 1.165) is 28.8 Å². The Kier molecular flexibility index (Phi) is 3.10. The molecule has 0 spiro atoms. The van der Waals surface area contributed by atoms with E-state index in [2.05, 4.69) is 4.98 Å². The molecule has 1 fully saturated rings. The van der Waals surface area contributed by atoms with E-state index < -0.39 is 0 Å². The second-order valence-electron chi connectivity index (χ2n) is 4.14. The fraction of sp³-hybridized carbons (Fsp3) is 0.455. The van der Waals surface area contributed by atoms with Crippen molar-refractivity contribution in [2.24, 2.45) is 0 Å². The zero-order valence-electron chi connectivity index (χ0n) is 9.14. The molecule has 2 aromatic rings. The second-order valence-corrected chi connectivity index (χ2v) is 6.59. The summed E-state index contributed by atoms with van der Waals surface area (Å²) in [5.41, 5.74) is 0.0671. The summed E-state index contributed by atoms with van der Waals surface area (Å²) in [4.78, 5) is 16.4. The zero-order valence-corrected chi connectivity index (χ0v) is 11.6. The van der Waals surface area contributed by atoms with E-state index in [1.807, 2.05) is 23.2 Å². The van der Waals surface area contributed by atoms with Gasteiger partial charge in [0.05, 0.1) is 5.39 Å². The second kappa shape index (κ2) is 4.59. The molecule has 1 saturated heterocycles. The third kappa shape index (κ3) is 1.98. The molecule has 1 atom stereocenters. The molecule has 90 valence electrons. The highest BCUT2D eigenvalue weighted by atomic mass is 32.2. The molecule has 3 heterocycles. The van der Waals surface area contributed by atoms with Crippen molar-refractivity contribution in [3.63, 3.8) is 0 Å². The van der Waals surface area contributed by atoms with Crippen molar-refractivity contribution in [1.29, 1.82) is 0 Å². The number of fused-ring (bicyclic) bond motifs is 1. The molecule has 0 amide bonds. The fourth-order valence-corrected chi connectivity index (χ4v) is 4.51. The Labute approximate surface area is 112 Å². The molecule has 0 aliphatic carbocycles. The van der Waals surface area contributed by atoms with Crippen LogP contribution in [0, 0.1) is 4.77 Å². The number of nitrogens with one attached hydrogen (secondary N) is 1. The Hall–Kier alpha value is -0.590. The van der Waals surface area contributed by atoms with Gasteiger partial charge in [-0.3, -0.25) is 9.36 Å². The first-order valence-corrected chi connectivity index (χ1v) is 8.01. The normalized spacial score (nSPS) is 20.8. The first-order valence-electron chi connectivity index (χ1n) is 5.57. The summed E-state index contributed by atoms with van der Waals surface area (Å²) in [6, 6.07) is 2.13. The predicted octanol–water partition coefficient (Wildman–Crippen LogP) is 3.19. The number of thiophene rings is 1. The van der Waals surface area contributed by atoms with Gasteiger partial charge in [0.2, 0.25) is 0 Å². The van der Waals surface area contributed by atoms with Crippen LogP contribution in [0.25, 0.3) is 10.2 Å². The molecule has 0 saturated carbocycles. The average Bonchev–Trinajstić information content (AvgIpc) is 2.78. The lowest BCUT2D eigenvalue weighted by molar-refractivity contribution is 0.478. The summed E-state index contributed by atoms with van der Waals surface area (Å²) < 4.78 is 2.34. The van der Waals surface area contributed by atoms with E-state index in [9.17, 15) is 4.79 Å². The van der Waals surface area contributed by atoms with Gasteiger partial charge in [-0.25, -0.2) is 0 Å². The number of nitrogens with zero attached hydrogens (tertiary/aromatic N) is 1. The Morgan fingerprint density at radius 3 is 3.18 bits per heavy atom. The van der Waals surface area contributed by atoms with Crippen LogP contribution >= 0.6 is 35.3 Å². The summed E-state index contributed by atoms with van der Waals surface area (Å²) in [6.45, 7) is 0. The summed E-state index contributed by atoms with van der Waals surface area (Å²) in [5.74, 6) is 2.19. The first-order chi connectivity index (χ1) is 8.27. The van der Waals surface area contributed by atoms with Gasteiger partial charge in [-0.2, -0.15) is 11.8 Å². The smallest absolute Gasteiger partial charge is 0.263 e. The number of hydrogen-bond acceptors (Lipinski definition) is 4. The lowest BCUT2D eigenvalue weighted by atomic mass is 10.2. The van der Waals surface area contributed by atoms with Gasteiger partial charge in [-0.05, 0) is 42.3 Å². The number of rotatable bonds is 1. The molecule has 3 rings (SSSR count). The largest absolute Gasteiger partial charge is 0.323 e. The number of H-pyrrole nitrogens is 1. The molecule has 0 aromatic carbocycles. The Bertz CT molecular complexity index is 649. The van der Waals surface area contributed by atoms with Gasteiger partial charge in [0, 0.05) is 11.8 Å². The highest BCUT2D eigenvalue weighted by Crippen LogP contribution is 2.26. The van der Waals surface area contributed by atoms with Crippen molar-refractivity contribution in [2.45, 2.75) is 18.9 Å².